The molecule has 5 nitrogen and oxygen atoms in total. The summed E-state index contributed by atoms with van der Waals surface area (Å²) in [5.41, 5.74) is 3.02. The van der Waals surface area contributed by atoms with Gasteiger partial charge in [-0.15, -0.1) is 0 Å². The van der Waals surface area contributed by atoms with Crippen LogP contribution in [0.1, 0.15) is 18.4 Å². The van der Waals surface area contributed by atoms with Crippen LogP contribution in [0, 0.1) is 5.92 Å². The molecule has 0 aliphatic carbocycles. The summed E-state index contributed by atoms with van der Waals surface area (Å²) < 4.78 is 0. The number of carboxylic acid groups (broad SMARTS) is 1. The van der Waals surface area contributed by atoms with Crippen LogP contribution in [0.15, 0.2) is 18.2 Å². The maximum atomic E-state index is 11.7. The van der Waals surface area contributed by atoms with E-state index in [4.69, 9.17) is 5.11 Å². The van der Waals surface area contributed by atoms with Gasteiger partial charge in [-0.25, -0.2) is 0 Å². The topological polar surface area (TPSA) is 60.9 Å². The number of nitrogens with zero attached hydrogens (tertiary/aromatic N) is 2. The number of likely N-dealkylation sites (N-methyl/N-ethyl adjacent to an activating group) is 1. The van der Waals surface area contributed by atoms with E-state index in [1.54, 1.807) is 11.9 Å². The number of piperidine rings is 1. The second kappa shape index (κ2) is 4.81. The van der Waals surface area contributed by atoms with Crippen LogP contribution in [0.2, 0.25) is 0 Å². The molecule has 0 saturated carbocycles. The first-order valence-electron chi connectivity index (χ1n) is 6.93. The quantitative estimate of drug-likeness (QED) is 0.888. The van der Waals surface area contributed by atoms with Gasteiger partial charge in [-0.1, -0.05) is 0 Å². The van der Waals surface area contributed by atoms with Gasteiger partial charge in [0.15, 0.2) is 0 Å². The lowest BCUT2D eigenvalue weighted by Gasteiger charge is -2.32. The van der Waals surface area contributed by atoms with E-state index in [0.29, 0.717) is 13.0 Å². The number of amides is 1. The third-order valence-corrected chi connectivity index (χ3v) is 4.28. The fourth-order valence-corrected chi connectivity index (χ4v) is 3.07. The highest BCUT2D eigenvalue weighted by Crippen LogP contribution is 2.32. The molecule has 0 bridgehead atoms. The summed E-state index contributed by atoms with van der Waals surface area (Å²) in [6, 6.07) is 5.97. The van der Waals surface area contributed by atoms with Crippen LogP contribution < -0.4 is 9.80 Å². The van der Waals surface area contributed by atoms with Crippen LogP contribution in [-0.4, -0.2) is 37.1 Å². The highest BCUT2D eigenvalue weighted by atomic mass is 16.4. The Labute approximate surface area is 117 Å². The number of hydrogen-bond acceptors (Lipinski definition) is 3. The van der Waals surface area contributed by atoms with Crippen molar-refractivity contribution in [3.05, 3.63) is 23.8 Å². The molecule has 106 valence electrons. The summed E-state index contributed by atoms with van der Waals surface area (Å²) in [6.45, 7) is 1.43. The summed E-state index contributed by atoms with van der Waals surface area (Å²) in [7, 11) is 1.79. The standard InChI is InChI=1S/C15H18N2O3/c1-16-13-5-4-12(7-11(13)8-14(16)18)17-6-2-3-10(9-17)15(19)20/h4-5,7,10H,2-3,6,8-9H2,1H3,(H,19,20). The zero-order valence-corrected chi connectivity index (χ0v) is 11.5. The number of carbonyl (C=O) groups is 2. The Balaban J connectivity index is 1.83. The van der Waals surface area contributed by atoms with Crippen molar-refractivity contribution >= 4 is 23.3 Å². The molecular weight excluding hydrogens is 256 g/mol. The van der Waals surface area contributed by atoms with E-state index in [1.807, 2.05) is 18.2 Å². The number of carboxylic acids is 1. The summed E-state index contributed by atoms with van der Waals surface area (Å²) >= 11 is 0. The summed E-state index contributed by atoms with van der Waals surface area (Å²) in [5.74, 6) is -0.897. The van der Waals surface area contributed by atoms with Crippen LogP contribution in [0.3, 0.4) is 0 Å². The van der Waals surface area contributed by atoms with Crippen molar-refractivity contribution in [3.63, 3.8) is 0 Å². The Morgan fingerprint density at radius 2 is 2.20 bits per heavy atom. The molecule has 0 spiro atoms. The van der Waals surface area contributed by atoms with Gasteiger partial charge >= 0.3 is 5.97 Å². The molecule has 1 fully saturated rings. The number of aliphatic carboxylic acids is 1. The van der Waals surface area contributed by atoms with Gasteiger partial charge in [0.25, 0.3) is 0 Å². The minimum Gasteiger partial charge on any atom is -0.481 e. The van der Waals surface area contributed by atoms with E-state index >= 15 is 0 Å². The number of hydrogen-bond donors (Lipinski definition) is 1. The summed E-state index contributed by atoms with van der Waals surface area (Å²) in [6.07, 6.45) is 2.08. The van der Waals surface area contributed by atoms with Gasteiger partial charge < -0.3 is 14.9 Å². The molecule has 2 aliphatic rings. The molecule has 3 rings (SSSR count). The van der Waals surface area contributed by atoms with E-state index < -0.39 is 5.97 Å². The third-order valence-electron chi connectivity index (χ3n) is 4.28. The fourth-order valence-electron chi connectivity index (χ4n) is 3.07. The molecule has 1 saturated heterocycles. The molecule has 2 aliphatic heterocycles. The fraction of sp³-hybridized carbons (Fsp3) is 0.467. The molecule has 1 aromatic carbocycles. The Morgan fingerprint density at radius 3 is 2.95 bits per heavy atom. The SMILES string of the molecule is CN1C(=O)Cc2cc(N3CCCC(C(=O)O)C3)ccc21. The highest BCUT2D eigenvalue weighted by molar-refractivity contribution is 6.01. The third kappa shape index (κ3) is 2.13. The number of rotatable bonds is 2. The predicted octanol–water partition coefficient (Wildman–Crippen LogP) is 1.51. The molecule has 5 heteroatoms. The second-order valence-electron chi connectivity index (χ2n) is 5.57. The average Bonchev–Trinajstić information content (AvgIpc) is 2.74. The molecule has 0 radical (unpaired) electrons. The lowest BCUT2D eigenvalue weighted by Crippen LogP contribution is -2.38. The molecule has 1 unspecified atom stereocenters. The highest BCUT2D eigenvalue weighted by Gasteiger charge is 2.28. The van der Waals surface area contributed by atoms with Gasteiger partial charge in [-0.3, -0.25) is 9.59 Å². The van der Waals surface area contributed by atoms with Gasteiger partial charge in [0.1, 0.15) is 0 Å². The molecule has 1 aromatic rings. The lowest BCUT2D eigenvalue weighted by molar-refractivity contribution is -0.142. The first-order valence-corrected chi connectivity index (χ1v) is 6.93. The van der Waals surface area contributed by atoms with Gasteiger partial charge in [0.05, 0.1) is 12.3 Å². The normalized spacial score (nSPS) is 22.1. The van der Waals surface area contributed by atoms with Crippen LogP contribution in [0.5, 0.6) is 0 Å². The van der Waals surface area contributed by atoms with E-state index in [9.17, 15) is 9.59 Å². The minimum absolute atomic E-state index is 0.110. The molecular formula is C15H18N2O3. The van der Waals surface area contributed by atoms with Crippen molar-refractivity contribution in [2.75, 3.05) is 29.9 Å². The van der Waals surface area contributed by atoms with Gasteiger partial charge in [-0.2, -0.15) is 0 Å². The molecule has 1 N–H and O–H groups in total. The van der Waals surface area contributed by atoms with Crippen molar-refractivity contribution in [1.29, 1.82) is 0 Å². The van der Waals surface area contributed by atoms with Gasteiger partial charge in [0, 0.05) is 31.5 Å². The number of anilines is 2. The largest absolute Gasteiger partial charge is 0.481 e. The van der Waals surface area contributed by atoms with E-state index in [0.717, 1.165) is 36.3 Å². The average molecular weight is 274 g/mol. The van der Waals surface area contributed by atoms with Crippen molar-refractivity contribution < 1.29 is 14.7 Å². The Bertz CT molecular complexity index is 570. The zero-order valence-electron chi connectivity index (χ0n) is 11.5. The molecule has 1 atom stereocenters. The van der Waals surface area contributed by atoms with Crippen LogP contribution in [0.25, 0.3) is 0 Å². The molecule has 20 heavy (non-hydrogen) atoms. The Morgan fingerprint density at radius 1 is 1.40 bits per heavy atom. The molecule has 1 amide bonds. The molecule has 0 aromatic heterocycles. The van der Waals surface area contributed by atoms with Crippen LogP contribution in [0.4, 0.5) is 11.4 Å². The van der Waals surface area contributed by atoms with Crippen LogP contribution in [-0.2, 0) is 16.0 Å². The van der Waals surface area contributed by atoms with E-state index in [-0.39, 0.29) is 11.8 Å². The first-order chi connectivity index (χ1) is 9.56. The molecule has 2 heterocycles. The lowest BCUT2D eigenvalue weighted by atomic mass is 9.97. The van der Waals surface area contributed by atoms with E-state index in [2.05, 4.69) is 4.90 Å². The first kappa shape index (κ1) is 13.0. The van der Waals surface area contributed by atoms with E-state index in [1.165, 1.54) is 0 Å². The van der Waals surface area contributed by atoms with Crippen LogP contribution >= 0.6 is 0 Å². The van der Waals surface area contributed by atoms with Crippen molar-refractivity contribution in [3.8, 4) is 0 Å². The predicted molar refractivity (Wildman–Crippen MR) is 76.1 cm³/mol. The van der Waals surface area contributed by atoms with Crippen molar-refractivity contribution in [1.82, 2.24) is 0 Å². The maximum absolute atomic E-state index is 11.7. The number of benzene rings is 1. The smallest absolute Gasteiger partial charge is 0.308 e. The summed E-state index contributed by atoms with van der Waals surface area (Å²) in [5, 5.41) is 9.15. The van der Waals surface area contributed by atoms with Gasteiger partial charge in [0.2, 0.25) is 5.91 Å². The minimum atomic E-state index is -0.717. The summed E-state index contributed by atoms with van der Waals surface area (Å²) in [4.78, 5) is 26.6. The monoisotopic (exact) mass is 274 g/mol. The maximum Gasteiger partial charge on any atom is 0.308 e. The van der Waals surface area contributed by atoms with Crippen molar-refractivity contribution in [2.24, 2.45) is 5.92 Å². The van der Waals surface area contributed by atoms with Gasteiger partial charge in [-0.05, 0) is 36.6 Å². The zero-order chi connectivity index (χ0) is 14.3. The Kier molecular flexibility index (Phi) is 3.12. The number of fused-ring (bicyclic) bond motifs is 1. The Hall–Kier alpha value is -2.04. The second-order valence-corrected chi connectivity index (χ2v) is 5.57. The number of carbonyl (C=O) groups excluding carboxylic acids is 1. The van der Waals surface area contributed by atoms with Crippen molar-refractivity contribution in [2.45, 2.75) is 19.3 Å².